The zero-order chi connectivity index (χ0) is 16.3. The molecule has 0 spiro atoms. The van der Waals surface area contributed by atoms with Crippen molar-refractivity contribution in [3.8, 4) is 0 Å². The van der Waals surface area contributed by atoms with Gasteiger partial charge in [-0.3, -0.25) is 19.5 Å². The second-order valence-corrected chi connectivity index (χ2v) is 4.71. The Morgan fingerprint density at radius 2 is 2.27 bits per heavy atom. The Hall–Kier alpha value is -2.55. The van der Waals surface area contributed by atoms with Crippen LogP contribution in [0.4, 0.5) is 5.69 Å². The van der Waals surface area contributed by atoms with Crippen LogP contribution in [0.3, 0.4) is 0 Å². The molecule has 0 saturated heterocycles. The first-order chi connectivity index (χ1) is 10.4. The second-order valence-electron chi connectivity index (χ2n) is 4.71. The number of hydrogen-bond donors (Lipinski definition) is 0. The monoisotopic (exact) mass is 308 g/mol. The number of aromatic nitrogens is 3. The lowest BCUT2D eigenvalue weighted by Gasteiger charge is -2.05. The third-order valence-electron chi connectivity index (χ3n) is 3.07. The van der Waals surface area contributed by atoms with E-state index in [0.29, 0.717) is 18.0 Å². The van der Waals surface area contributed by atoms with Crippen molar-refractivity contribution in [1.29, 1.82) is 0 Å². The van der Waals surface area contributed by atoms with Gasteiger partial charge in [-0.25, -0.2) is 0 Å². The number of aryl methyl sites for hydroxylation is 1. The van der Waals surface area contributed by atoms with Crippen LogP contribution in [0.5, 0.6) is 0 Å². The summed E-state index contributed by atoms with van der Waals surface area (Å²) in [5.41, 5.74) is -0.204. The zero-order valence-electron chi connectivity index (χ0n) is 12.5. The van der Waals surface area contributed by atoms with Crippen LogP contribution in [0.25, 0.3) is 0 Å². The van der Waals surface area contributed by atoms with E-state index in [1.807, 2.05) is 6.92 Å². The summed E-state index contributed by atoms with van der Waals surface area (Å²) in [5, 5.41) is 14.7. The van der Waals surface area contributed by atoms with Crippen molar-refractivity contribution in [2.75, 3.05) is 6.61 Å². The maximum absolute atomic E-state index is 11.9. The molecule has 1 atom stereocenters. The fraction of sp³-hybridized carbons (Fsp3) is 0.462. The second kappa shape index (κ2) is 6.48. The lowest BCUT2D eigenvalue weighted by Crippen LogP contribution is -2.20. The minimum absolute atomic E-state index is 0.0359. The van der Waals surface area contributed by atoms with E-state index in [0.717, 1.165) is 4.57 Å². The maximum atomic E-state index is 11.9. The molecule has 2 heterocycles. The number of rotatable bonds is 6. The van der Waals surface area contributed by atoms with Gasteiger partial charge >= 0.3 is 0 Å². The quantitative estimate of drug-likeness (QED) is 0.588. The molecule has 2 aromatic rings. The first-order valence-corrected chi connectivity index (χ1v) is 6.72. The van der Waals surface area contributed by atoms with Gasteiger partial charge < -0.3 is 9.26 Å². The highest BCUT2D eigenvalue weighted by Gasteiger charge is 2.17. The molecule has 0 N–H and O–H groups in total. The largest absolute Gasteiger partial charge is 0.371 e. The predicted octanol–water partition coefficient (Wildman–Crippen LogP) is 1.59. The number of ether oxygens (including phenoxy) is 1. The van der Waals surface area contributed by atoms with Crippen molar-refractivity contribution in [2.24, 2.45) is 0 Å². The van der Waals surface area contributed by atoms with Crippen molar-refractivity contribution in [2.45, 2.75) is 33.4 Å². The number of nitrogens with zero attached hydrogens (tertiary/aromatic N) is 4. The van der Waals surface area contributed by atoms with Crippen molar-refractivity contribution in [3.05, 3.63) is 50.0 Å². The fourth-order valence-corrected chi connectivity index (χ4v) is 1.94. The third-order valence-corrected chi connectivity index (χ3v) is 3.07. The van der Waals surface area contributed by atoms with Crippen molar-refractivity contribution >= 4 is 5.69 Å². The minimum atomic E-state index is -0.540. The first-order valence-electron chi connectivity index (χ1n) is 6.72. The highest BCUT2D eigenvalue weighted by Crippen LogP contribution is 2.16. The zero-order valence-corrected chi connectivity index (χ0v) is 12.5. The van der Waals surface area contributed by atoms with E-state index in [2.05, 4.69) is 10.1 Å². The smallest absolute Gasteiger partial charge is 0.288 e. The molecule has 0 saturated carbocycles. The van der Waals surface area contributed by atoms with Gasteiger partial charge in [-0.05, 0) is 20.8 Å². The Morgan fingerprint density at radius 3 is 2.91 bits per heavy atom. The summed E-state index contributed by atoms with van der Waals surface area (Å²) >= 11 is 0. The summed E-state index contributed by atoms with van der Waals surface area (Å²) in [5.74, 6) is 0.549. The lowest BCUT2D eigenvalue weighted by molar-refractivity contribution is -0.385. The van der Waals surface area contributed by atoms with Crippen LogP contribution in [-0.2, 0) is 11.3 Å². The van der Waals surface area contributed by atoms with Crippen LogP contribution in [0.2, 0.25) is 0 Å². The number of nitro groups is 1. The molecule has 0 fully saturated rings. The van der Waals surface area contributed by atoms with Crippen LogP contribution >= 0.6 is 0 Å². The molecule has 0 amide bonds. The molecule has 9 heteroatoms. The Kier molecular flexibility index (Phi) is 4.66. The van der Waals surface area contributed by atoms with Gasteiger partial charge in [-0.1, -0.05) is 5.16 Å². The van der Waals surface area contributed by atoms with Crippen molar-refractivity contribution in [1.82, 2.24) is 14.7 Å². The van der Waals surface area contributed by atoms with Gasteiger partial charge in [0.25, 0.3) is 11.2 Å². The van der Waals surface area contributed by atoms with Gasteiger partial charge in [-0.15, -0.1) is 0 Å². The van der Waals surface area contributed by atoms with E-state index in [1.165, 1.54) is 19.2 Å². The highest BCUT2D eigenvalue weighted by atomic mass is 16.6. The molecular formula is C13H16N4O5. The summed E-state index contributed by atoms with van der Waals surface area (Å²) in [7, 11) is 0. The molecule has 0 aromatic carbocycles. The molecule has 0 aliphatic rings. The normalized spacial score (nSPS) is 12.3. The molecule has 22 heavy (non-hydrogen) atoms. The Balaban J connectivity index is 2.26. The molecule has 0 radical (unpaired) electrons. The molecule has 2 rings (SSSR count). The van der Waals surface area contributed by atoms with Crippen LogP contribution in [0.15, 0.2) is 21.6 Å². The number of hydrogen-bond acceptors (Lipinski definition) is 7. The van der Waals surface area contributed by atoms with Gasteiger partial charge in [0.2, 0.25) is 5.89 Å². The summed E-state index contributed by atoms with van der Waals surface area (Å²) in [6.45, 7) is 5.61. The molecule has 118 valence electrons. The van der Waals surface area contributed by atoms with E-state index in [-0.39, 0.29) is 29.8 Å². The average Bonchev–Trinajstić information content (AvgIpc) is 2.90. The maximum Gasteiger partial charge on any atom is 0.288 e. The average molecular weight is 308 g/mol. The summed E-state index contributed by atoms with van der Waals surface area (Å²) in [6.07, 6.45) is 0.847. The minimum Gasteiger partial charge on any atom is -0.371 e. The molecule has 0 aliphatic heterocycles. The van der Waals surface area contributed by atoms with Crippen LogP contribution < -0.4 is 5.56 Å². The molecule has 9 nitrogen and oxygen atoms in total. The van der Waals surface area contributed by atoms with Crippen molar-refractivity contribution < 1.29 is 14.2 Å². The van der Waals surface area contributed by atoms with Crippen molar-refractivity contribution in [3.63, 3.8) is 0 Å². The van der Waals surface area contributed by atoms with E-state index in [4.69, 9.17) is 9.26 Å². The van der Waals surface area contributed by atoms with Crippen LogP contribution in [0, 0.1) is 17.0 Å². The van der Waals surface area contributed by atoms with Crippen LogP contribution in [0.1, 0.15) is 37.2 Å². The van der Waals surface area contributed by atoms with Gasteiger partial charge in [-0.2, -0.15) is 4.98 Å². The Morgan fingerprint density at radius 1 is 1.55 bits per heavy atom. The SMILES string of the molecule is CCO[C@H](C)c1noc(Cn2cc([N+](=O)[O-])c(C)cc2=O)n1. The Labute approximate surface area is 125 Å². The summed E-state index contributed by atoms with van der Waals surface area (Å²) in [4.78, 5) is 26.4. The standard InChI is InChI=1S/C13H16N4O5/c1-4-21-9(3)13-14-11(22-15-13)7-16-6-10(17(19)20)8(2)5-12(16)18/h5-6,9H,4,7H2,1-3H3/t9-/m1/s1. The molecular weight excluding hydrogens is 292 g/mol. The first kappa shape index (κ1) is 15.8. The van der Waals surface area contributed by atoms with Gasteiger partial charge in [0.15, 0.2) is 5.82 Å². The summed E-state index contributed by atoms with van der Waals surface area (Å²) in [6, 6.07) is 1.21. The lowest BCUT2D eigenvalue weighted by atomic mass is 10.2. The Bertz CT molecular complexity index is 736. The van der Waals surface area contributed by atoms with E-state index < -0.39 is 4.92 Å². The van der Waals surface area contributed by atoms with E-state index in [1.54, 1.807) is 6.92 Å². The number of pyridine rings is 1. The highest BCUT2D eigenvalue weighted by molar-refractivity contribution is 5.35. The fourth-order valence-electron chi connectivity index (χ4n) is 1.94. The van der Waals surface area contributed by atoms with E-state index >= 15 is 0 Å². The summed E-state index contributed by atoms with van der Waals surface area (Å²) < 4.78 is 11.6. The topological polar surface area (TPSA) is 113 Å². The van der Waals surface area contributed by atoms with Gasteiger partial charge in [0.1, 0.15) is 12.6 Å². The molecule has 2 aromatic heterocycles. The third kappa shape index (κ3) is 3.37. The molecule has 0 unspecified atom stereocenters. The molecule has 0 bridgehead atoms. The van der Waals surface area contributed by atoms with Gasteiger partial charge in [0.05, 0.1) is 11.1 Å². The van der Waals surface area contributed by atoms with E-state index in [9.17, 15) is 14.9 Å². The van der Waals surface area contributed by atoms with Crippen LogP contribution in [-0.4, -0.2) is 26.2 Å². The predicted molar refractivity (Wildman–Crippen MR) is 75.5 cm³/mol. The molecule has 0 aliphatic carbocycles. The van der Waals surface area contributed by atoms with Gasteiger partial charge in [0, 0.05) is 18.2 Å².